The second kappa shape index (κ2) is 4.57. The van der Waals surface area contributed by atoms with Gasteiger partial charge in [-0.25, -0.2) is 14.4 Å². The number of hydrogen-bond acceptors (Lipinski definition) is 3. The first-order valence-electron chi connectivity index (χ1n) is 4.65. The summed E-state index contributed by atoms with van der Waals surface area (Å²) in [7, 11) is 0. The van der Waals surface area contributed by atoms with Crippen molar-refractivity contribution in [3.63, 3.8) is 0 Å². The van der Waals surface area contributed by atoms with Crippen LogP contribution in [0.3, 0.4) is 0 Å². The van der Waals surface area contributed by atoms with E-state index in [0.717, 1.165) is 5.56 Å². The molecule has 2 aromatic rings. The fraction of sp³-hybridized carbons (Fsp3) is 0.0909. The Bertz CT molecular complexity index is 496. The molecule has 0 aliphatic rings. The zero-order chi connectivity index (χ0) is 11.5. The van der Waals surface area contributed by atoms with Gasteiger partial charge in [0, 0.05) is 11.8 Å². The zero-order valence-corrected chi connectivity index (χ0v) is 10.1. The topological polar surface area (TPSA) is 37.8 Å². The van der Waals surface area contributed by atoms with E-state index >= 15 is 0 Å². The van der Waals surface area contributed by atoms with Gasteiger partial charge in [-0.2, -0.15) is 0 Å². The van der Waals surface area contributed by atoms with Crippen molar-refractivity contribution in [3.8, 4) is 0 Å². The van der Waals surface area contributed by atoms with Gasteiger partial charge in [0.25, 0.3) is 0 Å². The van der Waals surface area contributed by atoms with Crippen LogP contribution in [0.25, 0.3) is 0 Å². The quantitative estimate of drug-likeness (QED) is 0.857. The van der Waals surface area contributed by atoms with E-state index in [2.05, 4.69) is 31.2 Å². The minimum absolute atomic E-state index is 0.268. The minimum Gasteiger partial charge on any atom is -0.340 e. The highest BCUT2D eigenvalue weighted by atomic mass is 79.9. The third-order valence-electron chi connectivity index (χ3n) is 1.95. The molecule has 1 aromatic heterocycles. The Morgan fingerprint density at radius 2 is 2.00 bits per heavy atom. The summed E-state index contributed by atoms with van der Waals surface area (Å²) in [5, 5.41) is 3.01. The predicted molar refractivity (Wildman–Crippen MR) is 64.2 cm³/mol. The van der Waals surface area contributed by atoms with Crippen LogP contribution in [0.1, 0.15) is 5.56 Å². The monoisotopic (exact) mass is 281 g/mol. The molecule has 82 valence electrons. The van der Waals surface area contributed by atoms with Crippen molar-refractivity contribution in [3.05, 3.63) is 46.6 Å². The third kappa shape index (κ3) is 2.76. The Morgan fingerprint density at radius 1 is 1.19 bits per heavy atom. The number of aromatic nitrogens is 2. The van der Waals surface area contributed by atoms with Gasteiger partial charge >= 0.3 is 0 Å². The van der Waals surface area contributed by atoms with E-state index in [4.69, 9.17) is 0 Å². The second-order valence-corrected chi connectivity index (χ2v) is 4.18. The highest BCUT2D eigenvalue weighted by Crippen LogP contribution is 2.18. The number of nitrogens with one attached hydrogen (secondary N) is 1. The molecule has 0 aliphatic carbocycles. The summed E-state index contributed by atoms with van der Waals surface area (Å²) in [6.07, 6.45) is 1.43. The van der Waals surface area contributed by atoms with Gasteiger partial charge < -0.3 is 5.32 Å². The van der Waals surface area contributed by atoms with E-state index in [9.17, 15) is 4.39 Å². The van der Waals surface area contributed by atoms with Crippen LogP contribution in [0, 0.1) is 12.7 Å². The molecule has 0 saturated heterocycles. The molecule has 0 unspecified atom stereocenters. The molecule has 1 heterocycles. The molecule has 0 amide bonds. The van der Waals surface area contributed by atoms with Crippen molar-refractivity contribution in [1.29, 1.82) is 0 Å². The average Bonchev–Trinajstić information content (AvgIpc) is 2.15. The van der Waals surface area contributed by atoms with Crippen molar-refractivity contribution in [2.24, 2.45) is 0 Å². The third-order valence-corrected chi connectivity index (χ3v) is 2.38. The SMILES string of the molecule is Cc1cc(F)cc(Nc2cc(Br)ncn2)c1. The lowest BCUT2D eigenvalue weighted by Gasteiger charge is -2.06. The summed E-state index contributed by atoms with van der Waals surface area (Å²) >= 11 is 3.24. The minimum atomic E-state index is -0.268. The molecule has 0 bridgehead atoms. The molecule has 0 radical (unpaired) electrons. The number of rotatable bonds is 2. The lowest BCUT2D eigenvalue weighted by molar-refractivity contribution is 0.627. The van der Waals surface area contributed by atoms with Crippen LogP contribution in [0.5, 0.6) is 0 Å². The summed E-state index contributed by atoms with van der Waals surface area (Å²) in [5.74, 6) is 0.350. The van der Waals surface area contributed by atoms with E-state index in [1.807, 2.05) is 13.0 Å². The van der Waals surface area contributed by atoms with Gasteiger partial charge in [-0.15, -0.1) is 0 Å². The van der Waals surface area contributed by atoms with Crippen molar-refractivity contribution in [2.45, 2.75) is 6.92 Å². The first-order chi connectivity index (χ1) is 7.63. The van der Waals surface area contributed by atoms with Gasteiger partial charge in [0.1, 0.15) is 22.6 Å². The number of benzene rings is 1. The summed E-state index contributed by atoms with van der Waals surface area (Å²) < 4.78 is 13.8. The van der Waals surface area contributed by atoms with Gasteiger partial charge in [0.2, 0.25) is 0 Å². The summed E-state index contributed by atoms with van der Waals surface area (Å²) in [6, 6.07) is 6.46. The molecular formula is C11H9BrFN3. The van der Waals surface area contributed by atoms with E-state index in [0.29, 0.717) is 16.1 Å². The van der Waals surface area contributed by atoms with Gasteiger partial charge in [0.05, 0.1) is 0 Å². The highest BCUT2D eigenvalue weighted by Gasteiger charge is 2.00. The predicted octanol–water partition coefficient (Wildman–Crippen LogP) is 3.43. The highest BCUT2D eigenvalue weighted by molar-refractivity contribution is 9.10. The van der Waals surface area contributed by atoms with Crippen LogP contribution in [0.2, 0.25) is 0 Å². The fourth-order valence-corrected chi connectivity index (χ4v) is 1.67. The molecule has 0 fully saturated rings. The van der Waals surface area contributed by atoms with E-state index in [1.165, 1.54) is 18.5 Å². The van der Waals surface area contributed by atoms with Crippen molar-refractivity contribution < 1.29 is 4.39 Å². The first-order valence-corrected chi connectivity index (χ1v) is 5.44. The number of aryl methyl sites for hydroxylation is 1. The lowest BCUT2D eigenvalue weighted by Crippen LogP contribution is -1.95. The van der Waals surface area contributed by atoms with Crippen LogP contribution in [0.4, 0.5) is 15.9 Å². The summed E-state index contributed by atoms with van der Waals surface area (Å²) in [4.78, 5) is 7.93. The molecule has 0 aliphatic heterocycles. The molecule has 0 atom stereocenters. The van der Waals surface area contributed by atoms with Crippen molar-refractivity contribution >= 4 is 27.4 Å². The molecule has 3 nitrogen and oxygen atoms in total. The van der Waals surface area contributed by atoms with E-state index in [1.54, 1.807) is 6.07 Å². The maximum atomic E-state index is 13.1. The molecule has 0 saturated carbocycles. The molecule has 16 heavy (non-hydrogen) atoms. The normalized spacial score (nSPS) is 10.2. The summed E-state index contributed by atoms with van der Waals surface area (Å²) in [6.45, 7) is 1.84. The van der Waals surface area contributed by atoms with Crippen molar-refractivity contribution in [1.82, 2.24) is 9.97 Å². The molecule has 1 aromatic carbocycles. The first kappa shape index (κ1) is 11.0. The smallest absolute Gasteiger partial charge is 0.134 e. The Labute approximate surface area is 101 Å². The maximum Gasteiger partial charge on any atom is 0.134 e. The lowest BCUT2D eigenvalue weighted by atomic mass is 10.2. The number of hydrogen-bond donors (Lipinski definition) is 1. The Balaban J connectivity index is 2.27. The van der Waals surface area contributed by atoms with Crippen LogP contribution in [-0.4, -0.2) is 9.97 Å². The van der Waals surface area contributed by atoms with Gasteiger partial charge in [-0.05, 0) is 46.6 Å². The Kier molecular flexibility index (Phi) is 3.14. The van der Waals surface area contributed by atoms with Gasteiger partial charge in [0.15, 0.2) is 0 Å². The van der Waals surface area contributed by atoms with Gasteiger partial charge in [-0.1, -0.05) is 0 Å². The Morgan fingerprint density at radius 3 is 2.69 bits per heavy atom. The van der Waals surface area contributed by atoms with E-state index < -0.39 is 0 Å². The second-order valence-electron chi connectivity index (χ2n) is 3.37. The van der Waals surface area contributed by atoms with E-state index in [-0.39, 0.29) is 5.82 Å². The van der Waals surface area contributed by atoms with Crippen LogP contribution < -0.4 is 5.32 Å². The maximum absolute atomic E-state index is 13.1. The number of halogens is 2. The molecule has 5 heteroatoms. The molecular weight excluding hydrogens is 273 g/mol. The zero-order valence-electron chi connectivity index (χ0n) is 8.54. The number of anilines is 2. The molecule has 2 rings (SSSR count). The fourth-order valence-electron chi connectivity index (χ4n) is 1.36. The number of nitrogens with zero attached hydrogens (tertiary/aromatic N) is 2. The van der Waals surface area contributed by atoms with Crippen LogP contribution in [0.15, 0.2) is 35.2 Å². The molecule has 1 N–H and O–H groups in total. The average molecular weight is 282 g/mol. The summed E-state index contributed by atoms with van der Waals surface area (Å²) in [5.41, 5.74) is 1.53. The Hall–Kier alpha value is -1.49. The van der Waals surface area contributed by atoms with Crippen LogP contribution >= 0.6 is 15.9 Å². The molecule has 0 spiro atoms. The van der Waals surface area contributed by atoms with Gasteiger partial charge in [-0.3, -0.25) is 0 Å². The largest absolute Gasteiger partial charge is 0.340 e. The standard InChI is InChI=1S/C11H9BrFN3/c1-7-2-8(13)4-9(3-7)16-11-5-10(12)14-6-15-11/h2-6H,1H3,(H,14,15,16). The van der Waals surface area contributed by atoms with Crippen LogP contribution in [-0.2, 0) is 0 Å². The van der Waals surface area contributed by atoms with Crippen molar-refractivity contribution in [2.75, 3.05) is 5.32 Å².